The second-order valence-electron chi connectivity index (χ2n) is 10.3. The highest BCUT2D eigenvalue weighted by Crippen LogP contribution is 2.54. The molecule has 10 heteroatoms. The highest BCUT2D eigenvalue weighted by Gasteiger charge is 2.62. The Morgan fingerprint density at radius 1 is 1.17 bits per heavy atom. The third-order valence-electron chi connectivity index (χ3n) is 5.25. The number of carbonyl (C=O) groups excluding carboxylic acids is 3. The molecule has 1 aromatic carbocycles. The topological polar surface area (TPSA) is 132 Å². The molecular formula is C25H28BrN3O6. The van der Waals surface area contributed by atoms with Crippen molar-refractivity contribution in [2.24, 2.45) is 5.73 Å². The van der Waals surface area contributed by atoms with Crippen molar-refractivity contribution in [1.82, 2.24) is 0 Å². The molecule has 0 bridgehead atoms. The molecule has 1 spiro atoms. The van der Waals surface area contributed by atoms with Crippen molar-refractivity contribution in [1.29, 1.82) is 5.26 Å². The second-order valence-corrected chi connectivity index (χ2v) is 11.2. The first-order chi connectivity index (χ1) is 16.0. The predicted octanol–water partition coefficient (Wildman–Crippen LogP) is 3.71. The van der Waals surface area contributed by atoms with Crippen LogP contribution in [0.25, 0.3) is 0 Å². The molecule has 35 heavy (non-hydrogen) atoms. The summed E-state index contributed by atoms with van der Waals surface area (Å²) in [6.45, 7) is 11.2. The standard InChI is InChI=1S/C25H28BrN3O6/c1-13-19(21(31)35-24(5,6)7)25(16(11-27)20(28)33-13)15-10-14(26)8-9-17(15)29(22(25)32)12-18(30)34-23(2,3)4/h8-10H,12,28H2,1-7H3. The second kappa shape index (κ2) is 8.72. The first-order valence-corrected chi connectivity index (χ1v) is 11.7. The number of fused-ring (bicyclic) bond motifs is 2. The van der Waals surface area contributed by atoms with Crippen molar-refractivity contribution in [3.63, 3.8) is 0 Å². The summed E-state index contributed by atoms with van der Waals surface area (Å²) in [7, 11) is 0. The molecule has 0 radical (unpaired) electrons. The van der Waals surface area contributed by atoms with Crippen LogP contribution < -0.4 is 10.6 Å². The molecule has 1 atom stereocenters. The van der Waals surface area contributed by atoms with E-state index in [0.717, 1.165) is 0 Å². The SMILES string of the molecule is CC1=C(C(=O)OC(C)(C)C)C2(C(=O)N(CC(=O)OC(C)(C)C)c3ccc(Br)cc32)C(C#N)=C(N)O1. The minimum absolute atomic E-state index is 0.0224. The van der Waals surface area contributed by atoms with Gasteiger partial charge in [-0.1, -0.05) is 15.9 Å². The number of nitrogens with zero attached hydrogens (tertiary/aromatic N) is 2. The molecule has 186 valence electrons. The van der Waals surface area contributed by atoms with E-state index >= 15 is 0 Å². The Morgan fingerprint density at radius 2 is 1.77 bits per heavy atom. The molecule has 9 nitrogen and oxygen atoms in total. The van der Waals surface area contributed by atoms with Crippen molar-refractivity contribution < 1.29 is 28.6 Å². The summed E-state index contributed by atoms with van der Waals surface area (Å²) < 4.78 is 17.2. The van der Waals surface area contributed by atoms with Gasteiger partial charge in [-0.25, -0.2) is 4.79 Å². The summed E-state index contributed by atoms with van der Waals surface area (Å²) >= 11 is 3.41. The van der Waals surface area contributed by atoms with Gasteiger partial charge in [0.1, 0.15) is 40.7 Å². The van der Waals surface area contributed by atoms with E-state index in [9.17, 15) is 19.6 Å². The largest absolute Gasteiger partial charge is 0.459 e. The average Bonchev–Trinajstić information content (AvgIpc) is 2.88. The predicted molar refractivity (Wildman–Crippen MR) is 130 cm³/mol. The van der Waals surface area contributed by atoms with Crippen molar-refractivity contribution in [3.05, 3.63) is 51.0 Å². The van der Waals surface area contributed by atoms with Crippen LogP contribution in [0.4, 0.5) is 5.69 Å². The van der Waals surface area contributed by atoms with Crippen LogP contribution in [0.1, 0.15) is 54.0 Å². The molecule has 3 rings (SSSR count). The maximum Gasteiger partial charge on any atom is 0.339 e. The van der Waals surface area contributed by atoms with E-state index in [1.165, 1.54) is 11.8 Å². The third-order valence-corrected chi connectivity index (χ3v) is 5.75. The Bertz CT molecular complexity index is 1230. The summed E-state index contributed by atoms with van der Waals surface area (Å²) in [6.07, 6.45) is 0. The molecule has 2 aliphatic heterocycles. The number of amides is 1. The highest BCUT2D eigenvalue weighted by atomic mass is 79.9. The van der Waals surface area contributed by atoms with Crippen molar-refractivity contribution in [3.8, 4) is 6.07 Å². The summed E-state index contributed by atoms with van der Waals surface area (Å²) in [4.78, 5) is 41.7. The summed E-state index contributed by atoms with van der Waals surface area (Å²) in [5, 5.41) is 10.1. The lowest BCUT2D eigenvalue weighted by molar-refractivity contribution is -0.153. The quantitative estimate of drug-likeness (QED) is 0.568. The highest BCUT2D eigenvalue weighted by molar-refractivity contribution is 9.10. The van der Waals surface area contributed by atoms with E-state index in [4.69, 9.17) is 19.9 Å². The molecule has 0 saturated carbocycles. The summed E-state index contributed by atoms with van der Waals surface area (Å²) in [5.41, 5.74) is 2.63. The Labute approximate surface area is 212 Å². The van der Waals surface area contributed by atoms with Crippen LogP contribution in [-0.2, 0) is 34.0 Å². The number of hydrogen-bond donors (Lipinski definition) is 1. The Hall–Kier alpha value is -3.32. The lowest BCUT2D eigenvalue weighted by atomic mass is 9.68. The third kappa shape index (κ3) is 4.65. The van der Waals surface area contributed by atoms with Gasteiger partial charge in [-0.2, -0.15) is 5.26 Å². The number of halogens is 1. The monoisotopic (exact) mass is 545 g/mol. The smallest absolute Gasteiger partial charge is 0.339 e. The van der Waals surface area contributed by atoms with Gasteiger partial charge in [0.05, 0.1) is 0 Å². The van der Waals surface area contributed by atoms with Crippen LogP contribution in [0.2, 0.25) is 0 Å². The Balaban J connectivity index is 2.31. The van der Waals surface area contributed by atoms with Gasteiger partial charge in [0.15, 0.2) is 5.41 Å². The molecule has 0 saturated heterocycles. The van der Waals surface area contributed by atoms with Gasteiger partial charge < -0.3 is 19.9 Å². The Kier molecular flexibility index (Phi) is 6.55. The molecule has 2 N–H and O–H groups in total. The average molecular weight is 546 g/mol. The molecule has 0 aromatic heterocycles. The van der Waals surface area contributed by atoms with Gasteiger partial charge in [0, 0.05) is 15.7 Å². The van der Waals surface area contributed by atoms with Crippen LogP contribution in [0.3, 0.4) is 0 Å². The Morgan fingerprint density at radius 3 is 2.31 bits per heavy atom. The number of nitrogens with two attached hydrogens (primary N) is 1. The lowest BCUT2D eigenvalue weighted by Crippen LogP contribution is -2.50. The molecule has 1 aromatic rings. The zero-order valence-corrected chi connectivity index (χ0v) is 22.3. The minimum atomic E-state index is -1.97. The number of esters is 2. The molecular weight excluding hydrogens is 518 g/mol. The summed E-state index contributed by atoms with van der Waals surface area (Å²) in [5.74, 6) is -2.49. The zero-order chi connectivity index (χ0) is 26.5. The molecule has 1 amide bonds. The van der Waals surface area contributed by atoms with Crippen LogP contribution in [0.15, 0.2) is 45.5 Å². The fourth-order valence-corrected chi connectivity index (χ4v) is 4.58. The summed E-state index contributed by atoms with van der Waals surface area (Å²) in [6, 6.07) is 6.90. The lowest BCUT2D eigenvalue weighted by Gasteiger charge is -2.35. The van der Waals surface area contributed by atoms with Gasteiger partial charge in [-0.15, -0.1) is 0 Å². The first-order valence-electron chi connectivity index (χ1n) is 10.9. The van der Waals surface area contributed by atoms with E-state index in [1.807, 2.05) is 6.07 Å². The molecule has 2 heterocycles. The van der Waals surface area contributed by atoms with Gasteiger partial charge in [0.2, 0.25) is 11.8 Å². The molecule has 0 fully saturated rings. The number of ether oxygens (including phenoxy) is 3. The van der Waals surface area contributed by atoms with E-state index < -0.39 is 41.0 Å². The van der Waals surface area contributed by atoms with Crippen molar-refractivity contribution in [2.45, 2.75) is 65.1 Å². The number of rotatable bonds is 3. The van der Waals surface area contributed by atoms with Gasteiger partial charge >= 0.3 is 11.9 Å². The number of allylic oxidation sites excluding steroid dienone is 1. The van der Waals surface area contributed by atoms with Crippen LogP contribution in [0.5, 0.6) is 0 Å². The number of nitriles is 1. The van der Waals surface area contributed by atoms with E-state index in [-0.39, 0.29) is 22.8 Å². The van der Waals surface area contributed by atoms with E-state index in [1.54, 1.807) is 59.7 Å². The maximum atomic E-state index is 14.3. The number of carbonyl (C=O) groups is 3. The van der Waals surface area contributed by atoms with Crippen LogP contribution in [0, 0.1) is 11.3 Å². The first kappa shape index (κ1) is 26.3. The minimum Gasteiger partial charge on any atom is -0.459 e. The zero-order valence-electron chi connectivity index (χ0n) is 20.7. The number of hydrogen-bond acceptors (Lipinski definition) is 8. The molecule has 0 aliphatic carbocycles. The number of anilines is 1. The van der Waals surface area contributed by atoms with E-state index in [0.29, 0.717) is 15.7 Å². The fourth-order valence-electron chi connectivity index (χ4n) is 4.22. The van der Waals surface area contributed by atoms with E-state index in [2.05, 4.69) is 15.9 Å². The van der Waals surface area contributed by atoms with Gasteiger partial charge in [-0.05, 0) is 66.7 Å². The molecule has 2 aliphatic rings. The van der Waals surface area contributed by atoms with Gasteiger partial charge in [-0.3, -0.25) is 14.5 Å². The number of benzene rings is 1. The van der Waals surface area contributed by atoms with Crippen molar-refractivity contribution >= 4 is 39.5 Å². The van der Waals surface area contributed by atoms with Crippen molar-refractivity contribution in [2.75, 3.05) is 11.4 Å². The fraction of sp³-hybridized carbons (Fsp3) is 0.440. The molecule has 1 unspecified atom stereocenters. The van der Waals surface area contributed by atoms with Crippen LogP contribution >= 0.6 is 15.9 Å². The van der Waals surface area contributed by atoms with Gasteiger partial charge in [0.25, 0.3) is 0 Å². The normalized spacial score (nSPS) is 20.0. The van der Waals surface area contributed by atoms with Crippen LogP contribution in [-0.4, -0.2) is 35.6 Å². The maximum absolute atomic E-state index is 14.3.